The Hall–Kier alpha value is -2.43. The SMILES string of the molecule is Cc1cc(F)ccc1CNc1cnc2c(c1)c(C)nn2C. The third kappa shape index (κ3) is 2.59. The molecule has 2 aromatic heterocycles. The van der Waals surface area contributed by atoms with Crippen molar-refractivity contribution in [3.63, 3.8) is 0 Å². The Morgan fingerprint density at radius 3 is 2.81 bits per heavy atom. The van der Waals surface area contributed by atoms with Gasteiger partial charge in [0.2, 0.25) is 0 Å². The zero-order valence-corrected chi connectivity index (χ0v) is 12.3. The number of halogens is 1. The Morgan fingerprint density at radius 2 is 2.05 bits per heavy atom. The number of benzene rings is 1. The Bertz CT molecular complexity index is 807. The van der Waals surface area contributed by atoms with Crippen LogP contribution in [-0.2, 0) is 13.6 Å². The molecule has 0 aliphatic heterocycles. The average Bonchev–Trinajstić information content (AvgIpc) is 2.73. The summed E-state index contributed by atoms with van der Waals surface area (Å²) in [5.41, 5.74) is 4.77. The molecule has 0 aliphatic carbocycles. The van der Waals surface area contributed by atoms with Crippen molar-refractivity contribution in [1.29, 1.82) is 0 Å². The van der Waals surface area contributed by atoms with Crippen LogP contribution in [0.15, 0.2) is 30.5 Å². The van der Waals surface area contributed by atoms with Gasteiger partial charge in [0.15, 0.2) is 5.65 Å². The predicted octanol–water partition coefficient (Wildman–Crippen LogP) is 3.34. The molecule has 0 fully saturated rings. The van der Waals surface area contributed by atoms with Crippen molar-refractivity contribution in [2.24, 2.45) is 7.05 Å². The standard InChI is InChI=1S/C16H17FN4/c1-10-6-13(17)5-4-12(10)8-18-14-7-15-11(2)20-21(3)16(15)19-9-14/h4-7,9,18H,8H2,1-3H3. The maximum absolute atomic E-state index is 13.1. The summed E-state index contributed by atoms with van der Waals surface area (Å²) in [6.07, 6.45) is 1.79. The maximum Gasteiger partial charge on any atom is 0.157 e. The molecule has 21 heavy (non-hydrogen) atoms. The van der Waals surface area contributed by atoms with Crippen molar-refractivity contribution < 1.29 is 4.39 Å². The fourth-order valence-corrected chi connectivity index (χ4v) is 2.46. The van der Waals surface area contributed by atoms with Gasteiger partial charge in [-0.2, -0.15) is 5.10 Å². The number of aromatic nitrogens is 3. The zero-order chi connectivity index (χ0) is 15.0. The number of fused-ring (bicyclic) bond motifs is 1. The molecular formula is C16H17FN4. The van der Waals surface area contributed by atoms with Gasteiger partial charge in [-0.25, -0.2) is 9.37 Å². The van der Waals surface area contributed by atoms with Gasteiger partial charge in [-0.3, -0.25) is 4.68 Å². The lowest BCUT2D eigenvalue weighted by Gasteiger charge is -2.09. The molecule has 0 saturated carbocycles. The van der Waals surface area contributed by atoms with Gasteiger partial charge in [0.25, 0.3) is 0 Å². The van der Waals surface area contributed by atoms with Crippen LogP contribution in [0, 0.1) is 19.7 Å². The molecule has 2 heterocycles. The first-order valence-electron chi connectivity index (χ1n) is 6.83. The molecule has 1 N–H and O–H groups in total. The van der Waals surface area contributed by atoms with Crippen LogP contribution in [0.3, 0.4) is 0 Å². The van der Waals surface area contributed by atoms with Gasteiger partial charge in [0, 0.05) is 19.0 Å². The molecule has 0 radical (unpaired) electrons. The summed E-state index contributed by atoms with van der Waals surface area (Å²) in [5.74, 6) is -0.203. The molecule has 0 unspecified atom stereocenters. The lowest BCUT2D eigenvalue weighted by atomic mass is 10.1. The van der Waals surface area contributed by atoms with Gasteiger partial charge < -0.3 is 5.32 Å². The quantitative estimate of drug-likeness (QED) is 0.802. The van der Waals surface area contributed by atoms with Crippen molar-refractivity contribution in [3.8, 4) is 0 Å². The van der Waals surface area contributed by atoms with E-state index in [1.54, 1.807) is 23.0 Å². The second-order valence-electron chi connectivity index (χ2n) is 5.23. The number of nitrogens with zero attached hydrogens (tertiary/aromatic N) is 3. The van der Waals surface area contributed by atoms with E-state index in [4.69, 9.17) is 0 Å². The highest BCUT2D eigenvalue weighted by molar-refractivity contribution is 5.81. The van der Waals surface area contributed by atoms with E-state index < -0.39 is 0 Å². The van der Waals surface area contributed by atoms with Crippen LogP contribution < -0.4 is 5.32 Å². The predicted molar refractivity (Wildman–Crippen MR) is 81.7 cm³/mol. The van der Waals surface area contributed by atoms with Gasteiger partial charge >= 0.3 is 0 Å². The number of hydrogen-bond donors (Lipinski definition) is 1. The Kier molecular flexibility index (Phi) is 3.33. The fourth-order valence-electron chi connectivity index (χ4n) is 2.46. The third-order valence-corrected chi connectivity index (χ3v) is 3.65. The Labute approximate surface area is 122 Å². The van der Waals surface area contributed by atoms with Gasteiger partial charge in [0.05, 0.1) is 17.6 Å². The number of pyridine rings is 1. The molecule has 5 heteroatoms. The first-order valence-corrected chi connectivity index (χ1v) is 6.83. The van der Waals surface area contributed by atoms with E-state index in [0.717, 1.165) is 33.5 Å². The number of nitrogens with one attached hydrogen (secondary N) is 1. The normalized spacial score (nSPS) is 11.0. The molecule has 0 amide bonds. The Balaban J connectivity index is 1.83. The summed E-state index contributed by atoms with van der Waals surface area (Å²) < 4.78 is 14.9. The Morgan fingerprint density at radius 1 is 1.24 bits per heavy atom. The van der Waals surface area contributed by atoms with E-state index >= 15 is 0 Å². The maximum atomic E-state index is 13.1. The minimum absolute atomic E-state index is 0.203. The van der Waals surface area contributed by atoms with Crippen LogP contribution in [0.2, 0.25) is 0 Å². The van der Waals surface area contributed by atoms with Gasteiger partial charge in [0.1, 0.15) is 5.82 Å². The molecule has 4 nitrogen and oxygen atoms in total. The molecule has 0 atom stereocenters. The molecule has 108 valence electrons. The summed E-state index contributed by atoms with van der Waals surface area (Å²) in [6, 6.07) is 6.88. The third-order valence-electron chi connectivity index (χ3n) is 3.65. The van der Waals surface area contributed by atoms with Gasteiger partial charge in [-0.15, -0.1) is 0 Å². The van der Waals surface area contributed by atoms with E-state index in [1.807, 2.05) is 27.0 Å². The minimum Gasteiger partial charge on any atom is -0.380 e. The summed E-state index contributed by atoms with van der Waals surface area (Å²) in [6.45, 7) is 4.52. The average molecular weight is 284 g/mol. The monoisotopic (exact) mass is 284 g/mol. The highest BCUT2D eigenvalue weighted by Crippen LogP contribution is 2.20. The molecular weight excluding hydrogens is 267 g/mol. The summed E-state index contributed by atoms with van der Waals surface area (Å²) >= 11 is 0. The lowest BCUT2D eigenvalue weighted by molar-refractivity contribution is 0.625. The van der Waals surface area contributed by atoms with Crippen LogP contribution in [0.5, 0.6) is 0 Å². The minimum atomic E-state index is -0.203. The van der Waals surface area contributed by atoms with E-state index in [-0.39, 0.29) is 5.82 Å². The molecule has 1 aromatic carbocycles. The lowest BCUT2D eigenvalue weighted by Crippen LogP contribution is -2.02. The summed E-state index contributed by atoms with van der Waals surface area (Å²) in [4.78, 5) is 4.43. The largest absolute Gasteiger partial charge is 0.380 e. The van der Waals surface area contributed by atoms with Gasteiger partial charge in [-0.05, 0) is 43.2 Å². The van der Waals surface area contributed by atoms with Crippen LogP contribution in [0.4, 0.5) is 10.1 Å². The van der Waals surface area contributed by atoms with E-state index in [9.17, 15) is 4.39 Å². The smallest absolute Gasteiger partial charge is 0.157 e. The van der Waals surface area contributed by atoms with Crippen LogP contribution >= 0.6 is 0 Å². The highest BCUT2D eigenvalue weighted by atomic mass is 19.1. The van der Waals surface area contributed by atoms with Crippen molar-refractivity contribution in [1.82, 2.24) is 14.8 Å². The number of rotatable bonds is 3. The van der Waals surface area contributed by atoms with Crippen LogP contribution in [0.25, 0.3) is 11.0 Å². The van der Waals surface area contributed by atoms with E-state index in [0.29, 0.717) is 6.54 Å². The topological polar surface area (TPSA) is 42.7 Å². The molecule has 3 rings (SSSR count). The second-order valence-corrected chi connectivity index (χ2v) is 5.23. The first kappa shape index (κ1) is 13.5. The van der Waals surface area contributed by atoms with Crippen molar-refractivity contribution in [2.75, 3.05) is 5.32 Å². The number of hydrogen-bond acceptors (Lipinski definition) is 3. The van der Waals surface area contributed by atoms with E-state index in [1.165, 1.54) is 6.07 Å². The number of aryl methyl sites for hydroxylation is 3. The van der Waals surface area contributed by atoms with Crippen molar-refractivity contribution >= 4 is 16.7 Å². The molecule has 0 bridgehead atoms. The van der Waals surface area contributed by atoms with Crippen molar-refractivity contribution in [3.05, 3.63) is 53.1 Å². The molecule has 0 saturated heterocycles. The number of anilines is 1. The fraction of sp³-hybridized carbons (Fsp3) is 0.250. The highest BCUT2D eigenvalue weighted by Gasteiger charge is 2.07. The molecule has 0 aliphatic rings. The summed E-state index contributed by atoms with van der Waals surface area (Å²) in [5, 5.41) is 8.73. The zero-order valence-electron chi connectivity index (χ0n) is 12.3. The summed E-state index contributed by atoms with van der Waals surface area (Å²) in [7, 11) is 1.89. The second kappa shape index (κ2) is 5.16. The first-order chi connectivity index (χ1) is 10.0. The molecule has 3 aromatic rings. The molecule has 0 spiro atoms. The van der Waals surface area contributed by atoms with Crippen LogP contribution in [-0.4, -0.2) is 14.8 Å². The van der Waals surface area contributed by atoms with Gasteiger partial charge in [-0.1, -0.05) is 6.07 Å². The van der Waals surface area contributed by atoms with Crippen LogP contribution in [0.1, 0.15) is 16.8 Å². The van der Waals surface area contributed by atoms with E-state index in [2.05, 4.69) is 15.4 Å². The van der Waals surface area contributed by atoms with Crippen molar-refractivity contribution in [2.45, 2.75) is 20.4 Å².